The van der Waals surface area contributed by atoms with E-state index in [4.69, 9.17) is 14.6 Å². The van der Waals surface area contributed by atoms with Gasteiger partial charge in [0.2, 0.25) is 0 Å². The summed E-state index contributed by atoms with van der Waals surface area (Å²) in [5, 5.41) is 7.57. The first-order valence-electron chi connectivity index (χ1n) is 13.5. The van der Waals surface area contributed by atoms with Gasteiger partial charge in [-0.3, -0.25) is 4.79 Å². The van der Waals surface area contributed by atoms with Crippen molar-refractivity contribution < 1.29 is 19.4 Å². The maximum Gasteiger partial charge on any atom is 0.254 e. The Hall–Kier alpha value is -2.53. The van der Waals surface area contributed by atoms with Crippen LogP contribution in [0.15, 0.2) is 36.4 Å². The number of rotatable bonds is 3. The molecule has 2 aromatic rings. The monoisotopic (exact) mass is 499 g/mol. The van der Waals surface area contributed by atoms with Crippen molar-refractivity contribution >= 4 is 5.91 Å². The zero-order chi connectivity index (χ0) is 27.1. The molecule has 1 aliphatic carbocycles. The fourth-order valence-electron chi connectivity index (χ4n) is 4.94. The molecule has 2 atom stereocenters. The highest BCUT2D eigenvalue weighted by atomic mass is 16.5. The number of carbonyl (C=O) groups is 1. The van der Waals surface area contributed by atoms with Gasteiger partial charge in [0.25, 0.3) is 5.91 Å². The van der Waals surface area contributed by atoms with Crippen LogP contribution in [-0.2, 0) is 0 Å². The van der Waals surface area contributed by atoms with E-state index >= 15 is 0 Å². The molecular formula is C31H49NO4. The second-order valence-electron chi connectivity index (χ2n) is 9.31. The zero-order valence-corrected chi connectivity index (χ0v) is 23.9. The molecule has 1 saturated heterocycles. The normalized spacial score (nSPS) is 18.1. The highest BCUT2D eigenvalue weighted by Crippen LogP contribution is 2.36. The van der Waals surface area contributed by atoms with E-state index in [0.717, 1.165) is 53.1 Å². The molecule has 5 heteroatoms. The summed E-state index contributed by atoms with van der Waals surface area (Å²) >= 11 is 0. The van der Waals surface area contributed by atoms with Crippen LogP contribution < -0.4 is 9.47 Å². The number of likely N-dealkylation sites (tertiary alicyclic amines) is 1. The van der Waals surface area contributed by atoms with Gasteiger partial charge in [-0.2, -0.15) is 0 Å². The summed E-state index contributed by atoms with van der Waals surface area (Å²) in [7, 11) is 3.30. The Morgan fingerprint density at radius 3 is 2.14 bits per heavy atom. The summed E-state index contributed by atoms with van der Waals surface area (Å²) in [5.41, 5.74) is 4.35. The minimum Gasteiger partial charge on any atom is -0.497 e. The highest BCUT2D eigenvalue weighted by Gasteiger charge is 2.33. The lowest BCUT2D eigenvalue weighted by molar-refractivity contribution is 0.0520. The zero-order valence-electron chi connectivity index (χ0n) is 23.9. The molecule has 0 aromatic heterocycles. The van der Waals surface area contributed by atoms with Gasteiger partial charge in [-0.1, -0.05) is 56.9 Å². The number of amides is 1. The third-order valence-electron chi connectivity index (χ3n) is 6.81. The molecule has 1 saturated carbocycles. The number of nitrogens with zero attached hydrogens (tertiary/aromatic N) is 1. The fourth-order valence-corrected chi connectivity index (χ4v) is 4.94. The van der Waals surface area contributed by atoms with Gasteiger partial charge in [0.1, 0.15) is 11.5 Å². The van der Waals surface area contributed by atoms with Crippen molar-refractivity contribution in [2.75, 3.05) is 33.9 Å². The van der Waals surface area contributed by atoms with Crippen LogP contribution in [0.2, 0.25) is 0 Å². The number of piperidine rings is 1. The Morgan fingerprint density at radius 1 is 0.917 bits per heavy atom. The second kappa shape index (κ2) is 17.0. The van der Waals surface area contributed by atoms with Crippen LogP contribution in [0.1, 0.15) is 79.9 Å². The number of aliphatic hydroxyl groups is 1. The molecule has 1 N–H and O–H groups in total. The number of fused-ring (bicyclic) bond motifs is 1. The van der Waals surface area contributed by atoms with E-state index in [-0.39, 0.29) is 12.5 Å². The number of ether oxygens (including phenoxy) is 2. The number of methoxy groups -OCH3 is 2. The molecule has 4 rings (SSSR count). The molecule has 0 bridgehead atoms. The molecule has 0 radical (unpaired) electrons. The van der Waals surface area contributed by atoms with Gasteiger partial charge < -0.3 is 19.5 Å². The van der Waals surface area contributed by atoms with Crippen molar-refractivity contribution in [1.82, 2.24) is 4.90 Å². The highest BCUT2D eigenvalue weighted by molar-refractivity contribution is 5.95. The van der Waals surface area contributed by atoms with Gasteiger partial charge >= 0.3 is 0 Å². The van der Waals surface area contributed by atoms with Crippen molar-refractivity contribution in [1.29, 1.82) is 0 Å². The lowest BCUT2D eigenvalue weighted by Crippen LogP contribution is -2.44. The van der Waals surface area contributed by atoms with E-state index in [1.54, 1.807) is 21.1 Å². The van der Waals surface area contributed by atoms with Gasteiger partial charge in [-0.25, -0.2) is 0 Å². The number of aryl methyl sites for hydroxylation is 3. The number of benzene rings is 2. The van der Waals surface area contributed by atoms with Crippen molar-refractivity contribution in [2.24, 2.45) is 11.8 Å². The molecule has 0 spiro atoms. The van der Waals surface area contributed by atoms with Gasteiger partial charge in [0.15, 0.2) is 0 Å². The Morgan fingerprint density at radius 2 is 1.56 bits per heavy atom. The summed E-state index contributed by atoms with van der Waals surface area (Å²) in [6, 6.07) is 11.9. The summed E-state index contributed by atoms with van der Waals surface area (Å²) in [6.45, 7) is 14.0. The quantitative estimate of drug-likeness (QED) is 0.494. The standard InChI is InChI=1S/C18H25NO.C9H12O2.C2H6O.C2H6/c1-13-7-8-17(14(2)11-13)18(20)19-10-9-15-5-3-4-6-16(15)12-19;1-7-4-5-8(10-2)6-9(7)11-3;1-2-3;1-2/h7-8,11,15-16H,3-6,9-10,12H2,1-2H3;4-6H,1-3H3;3H,2H2,1H3;1-2H3/t15-,16+;;;/m1.../s1. The number of aliphatic hydroxyl groups excluding tert-OH is 1. The Bertz CT molecular complexity index is 911. The molecule has 2 fully saturated rings. The van der Waals surface area contributed by atoms with Gasteiger partial charge in [0.05, 0.1) is 14.2 Å². The molecule has 5 nitrogen and oxygen atoms in total. The van der Waals surface area contributed by atoms with E-state index in [1.165, 1.54) is 37.7 Å². The van der Waals surface area contributed by atoms with Crippen LogP contribution in [0.4, 0.5) is 0 Å². The lowest BCUT2D eigenvalue weighted by atomic mass is 9.75. The molecule has 36 heavy (non-hydrogen) atoms. The van der Waals surface area contributed by atoms with Crippen LogP contribution in [0.5, 0.6) is 11.5 Å². The molecule has 1 aliphatic heterocycles. The summed E-state index contributed by atoms with van der Waals surface area (Å²) in [5.74, 6) is 3.57. The average Bonchev–Trinajstić information content (AvgIpc) is 2.90. The number of hydrogen-bond donors (Lipinski definition) is 1. The van der Waals surface area contributed by atoms with Gasteiger partial charge in [0, 0.05) is 31.3 Å². The van der Waals surface area contributed by atoms with Gasteiger partial charge in [-0.05, 0) is 75.6 Å². The maximum atomic E-state index is 12.7. The van der Waals surface area contributed by atoms with Crippen LogP contribution in [0, 0.1) is 32.6 Å². The molecule has 1 heterocycles. The number of carbonyl (C=O) groups excluding carboxylic acids is 1. The lowest BCUT2D eigenvalue weighted by Gasteiger charge is -2.41. The molecular weight excluding hydrogens is 450 g/mol. The first-order chi connectivity index (χ1) is 17.3. The van der Waals surface area contributed by atoms with Crippen LogP contribution in [0.3, 0.4) is 0 Å². The largest absolute Gasteiger partial charge is 0.497 e. The van der Waals surface area contributed by atoms with E-state index in [1.807, 2.05) is 58.0 Å². The summed E-state index contributed by atoms with van der Waals surface area (Å²) < 4.78 is 10.1. The predicted molar refractivity (Wildman–Crippen MR) is 150 cm³/mol. The third kappa shape index (κ3) is 9.50. The third-order valence-corrected chi connectivity index (χ3v) is 6.81. The van der Waals surface area contributed by atoms with Crippen molar-refractivity contribution in [2.45, 2.75) is 73.6 Å². The first-order valence-corrected chi connectivity index (χ1v) is 13.5. The number of hydrogen-bond acceptors (Lipinski definition) is 4. The van der Waals surface area contributed by atoms with Crippen molar-refractivity contribution in [3.63, 3.8) is 0 Å². The average molecular weight is 500 g/mol. The van der Waals surface area contributed by atoms with Crippen LogP contribution >= 0.6 is 0 Å². The molecule has 1 amide bonds. The van der Waals surface area contributed by atoms with E-state index < -0.39 is 0 Å². The molecule has 0 unspecified atom stereocenters. The molecule has 2 aliphatic rings. The van der Waals surface area contributed by atoms with Crippen LogP contribution in [0.25, 0.3) is 0 Å². The maximum absolute atomic E-state index is 12.7. The van der Waals surface area contributed by atoms with E-state index in [0.29, 0.717) is 0 Å². The van der Waals surface area contributed by atoms with Crippen molar-refractivity contribution in [3.05, 3.63) is 58.7 Å². The Kier molecular flexibility index (Phi) is 14.9. The minimum atomic E-state index is 0.242. The smallest absolute Gasteiger partial charge is 0.254 e. The van der Waals surface area contributed by atoms with E-state index in [9.17, 15) is 4.79 Å². The second-order valence-corrected chi connectivity index (χ2v) is 9.31. The topological polar surface area (TPSA) is 59.0 Å². The Balaban J connectivity index is 0.000000343. The van der Waals surface area contributed by atoms with E-state index in [2.05, 4.69) is 17.9 Å². The first kappa shape index (κ1) is 31.5. The minimum absolute atomic E-state index is 0.242. The Labute approximate surface area is 219 Å². The van der Waals surface area contributed by atoms with Crippen molar-refractivity contribution in [3.8, 4) is 11.5 Å². The van der Waals surface area contributed by atoms with Crippen LogP contribution in [-0.4, -0.2) is 49.8 Å². The SMILES string of the molecule is CC.CCO.COc1ccc(C)c(OC)c1.Cc1ccc(C(=O)N2CC[C@H]3CCCC[C@H]3C2)c(C)c1. The molecule has 2 aromatic carbocycles. The fraction of sp³-hybridized carbons (Fsp3) is 0.581. The molecule has 202 valence electrons. The predicted octanol–water partition coefficient (Wildman–Crippen LogP) is 6.99. The van der Waals surface area contributed by atoms with Gasteiger partial charge in [-0.15, -0.1) is 0 Å². The summed E-state index contributed by atoms with van der Waals surface area (Å²) in [6.07, 6.45) is 6.66. The summed E-state index contributed by atoms with van der Waals surface area (Å²) in [4.78, 5) is 14.8.